The first-order valence-electron chi connectivity index (χ1n) is 6.26. The van der Waals surface area contributed by atoms with Crippen molar-refractivity contribution >= 4 is 5.91 Å². The minimum Gasteiger partial charge on any atom is -0.375 e. The number of fused-ring (bicyclic) bond motifs is 1. The molecule has 1 aromatic rings. The summed E-state index contributed by atoms with van der Waals surface area (Å²) in [4.78, 5) is 13.6. The lowest BCUT2D eigenvalue weighted by Crippen LogP contribution is -2.38. The highest BCUT2D eigenvalue weighted by molar-refractivity contribution is 5.77. The van der Waals surface area contributed by atoms with Crippen molar-refractivity contribution in [2.75, 3.05) is 20.3 Å². The zero-order valence-corrected chi connectivity index (χ0v) is 11.0. The standard InChI is InChI=1S/C14H20N2O2/c1-10(15)12-4-3-11-5-6-16(8-13(11)7-12)14(17)9-18-2/h3-4,7,10H,5-6,8-9,15H2,1-2H3. The van der Waals surface area contributed by atoms with E-state index in [4.69, 9.17) is 10.5 Å². The third-order valence-corrected chi connectivity index (χ3v) is 3.39. The molecule has 1 aromatic carbocycles. The highest BCUT2D eigenvalue weighted by Gasteiger charge is 2.20. The second-order valence-electron chi connectivity index (χ2n) is 4.82. The van der Waals surface area contributed by atoms with Crippen LogP contribution >= 0.6 is 0 Å². The van der Waals surface area contributed by atoms with Crippen molar-refractivity contribution in [2.45, 2.75) is 25.9 Å². The number of rotatable bonds is 3. The smallest absolute Gasteiger partial charge is 0.248 e. The lowest BCUT2D eigenvalue weighted by molar-refractivity contribution is -0.136. The predicted octanol–water partition coefficient (Wildman–Crippen LogP) is 1.24. The minimum atomic E-state index is 0.0281. The van der Waals surface area contributed by atoms with E-state index in [0.717, 1.165) is 18.5 Å². The maximum atomic E-state index is 11.8. The molecule has 4 heteroatoms. The van der Waals surface area contributed by atoms with Gasteiger partial charge in [-0.05, 0) is 30.0 Å². The first-order chi connectivity index (χ1) is 8.61. The van der Waals surface area contributed by atoms with E-state index in [1.54, 1.807) is 7.11 Å². The molecule has 0 radical (unpaired) electrons. The Kier molecular flexibility index (Phi) is 3.99. The van der Waals surface area contributed by atoms with E-state index in [1.165, 1.54) is 11.1 Å². The normalized spacial score (nSPS) is 16.3. The van der Waals surface area contributed by atoms with Gasteiger partial charge in [-0.25, -0.2) is 0 Å². The van der Waals surface area contributed by atoms with Crippen LogP contribution in [0.2, 0.25) is 0 Å². The number of benzene rings is 1. The SMILES string of the molecule is COCC(=O)N1CCc2ccc(C(C)N)cc2C1. The number of amides is 1. The third kappa shape index (κ3) is 2.71. The summed E-state index contributed by atoms with van der Waals surface area (Å²) in [7, 11) is 1.55. The van der Waals surface area contributed by atoms with Gasteiger partial charge in [0.15, 0.2) is 0 Å². The molecular weight excluding hydrogens is 228 g/mol. The molecule has 1 aliphatic rings. The number of hydrogen-bond donors (Lipinski definition) is 1. The Balaban J connectivity index is 2.16. The number of nitrogens with zero attached hydrogens (tertiary/aromatic N) is 1. The zero-order valence-electron chi connectivity index (χ0n) is 11.0. The molecule has 0 spiro atoms. The Hall–Kier alpha value is -1.39. The summed E-state index contributed by atoms with van der Waals surface area (Å²) < 4.78 is 4.90. The molecule has 0 fully saturated rings. The molecular formula is C14H20N2O2. The molecule has 1 unspecified atom stereocenters. The van der Waals surface area contributed by atoms with Gasteiger partial charge in [0.05, 0.1) is 0 Å². The number of nitrogens with two attached hydrogens (primary N) is 1. The van der Waals surface area contributed by atoms with E-state index in [1.807, 2.05) is 11.8 Å². The molecule has 0 saturated heterocycles. The summed E-state index contributed by atoms with van der Waals surface area (Å²) >= 11 is 0. The molecule has 2 N–H and O–H groups in total. The Labute approximate surface area is 108 Å². The van der Waals surface area contributed by atoms with E-state index in [-0.39, 0.29) is 18.6 Å². The maximum absolute atomic E-state index is 11.8. The number of methoxy groups -OCH3 is 1. The maximum Gasteiger partial charge on any atom is 0.248 e. The van der Waals surface area contributed by atoms with Crippen molar-refractivity contribution < 1.29 is 9.53 Å². The lowest BCUT2D eigenvalue weighted by Gasteiger charge is -2.29. The van der Waals surface area contributed by atoms with Crippen molar-refractivity contribution in [1.82, 2.24) is 4.90 Å². The third-order valence-electron chi connectivity index (χ3n) is 3.39. The van der Waals surface area contributed by atoms with Crippen LogP contribution in [0.5, 0.6) is 0 Å². The summed E-state index contributed by atoms with van der Waals surface area (Å²) in [6.07, 6.45) is 0.907. The van der Waals surface area contributed by atoms with Crippen LogP contribution < -0.4 is 5.73 Å². The summed E-state index contributed by atoms with van der Waals surface area (Å²) in [6.45, 7) is 3.56. The average Bonchev–Trinajstić information content (AvgIpc) is 2.37. The van der Waals surface area contributed by atoms with E-state index < -0.39 is 0 Å². The van der Waals surface area contributed by atoms with Gasteiger partial charge in [0.1, 0.15) is 6.61 Å². The van der Waals surface area contributed by atoms with E-state index in [2.05, 4.69) is 18.2 Å². The fraction of sp³-hybridized carbons (Fsp3) is 0.500. The van der Waals surface area contributed by atoms with Gasteiger partial charge in [0.2, 0.25) is 5.91 Å². The van der Waals surface area contributed by atoms with Gasteiger partial charge < -0.3 is 15.4 Å². The number of hydrogen-bond acceptors (Lipinski definition) is 3. The van der Waals surface area contributed by atoms with Crippen LogP contribution in [0.15, 0.2) is 18.2 Å². The van der Waals surface area contributed by atoms with Gasteiger partial charge in [0.25, 0.3) is 0 Å². The molecule has 0 bridgehead atoms. The molecule has 98 valence electrons. The van der Waals surface area contributed by atoms with Crippen LogP contribution in [0.3, 0.4) is 0 Å². The quantitative estimate of drug-likeness (QED) is 0.875. The molecule has 2 rings (SSSR count). The lowest BCUT2D eigenvalue weighted by atomic mass is 9.95. The summed E-state index contributed by atoms with van der Waals surface area (Å²) in [5.41, 5.74) is 9.54. The largest absolute Gasteiger partial charge is 0.375 e. The molecule has 1 heterocycles. The summed E-state index contributed by atoms with van der Waals surface area (Å²) in [6, 6.07) is 6.36. The number of carbonyl (C=O) groups excluding carboxylic acids is 1. The summed E-state index contributed by atoms with van der Waals surface area (Å²) in [5, 5.41) is 0. The van der Waals surface area contributed by atoms with Gasteiger partial charge in [-0.15, -0.1) is 0 Å². The Morgan fingerprint density at radius 2 is 2.28 bits per heavy atom. The van der Waals surface area contributed by atoms with Crippen LogP contribution in [-0.4, -0.2) is 31.1 Å². The van der Waals surface area contributed by atoms with Crippen LogP contribution in [0.25, 0.3) is 0 Å². The summed E-state index contributed by atoms with van der Waals surface area (Å²) in [5.74, 6) is 0.0503. The topological polar surface area (TPSA) is 55.6 Å². The fourth-order valence-electron chi connectivity index (χ4n) is 2.29. The van der Waals surface area contributed by atoms with Crippen LogP contribution in [0.1, 0.15) is 29.7 Å². The molecule has 18 heavy (non-hydrogen) atoms. The van der Waals surface area contributed by atoms with Crippen molar-refractivity contribution in [2.24, 2.45) is 5.73 Å². The van der Waals surface area contributed by atoms with Gasteiger partial charge in [-0.3, -0.25) is 4.79 Å². The molecule has 1 atom stereocenters. The predicted molar refractivity (Wildman–Crippen MR) is 70.0 cm³/mol. The highest BCUT2D eigenvalue weighted by Crippen LogP contribution is 2.22. The van der Waals surface area contributed by atoms with Gasteiger partial charge in [-0.2, -0.15) is 0 Å². The van der Waals surface area contributed by atoms with Gasteiger partial charge in [-0.1, -0.05) is 18.2 Å². The second kappa shape index (κ2) is 5.50. The fourth-order valence-corrected chi connectivity index (χ4v) is 2.29. The van der Waals surface area contributed by atoms with Crippen molar-refractivity contribution in [3.63, 3.8) is 0 Å². The van der Waals surface area contributed by atoms with Crippen molar-refractivity contribution in [3.8, 4) is 0 Å². The Bertz CT molecular complexity index is 443. The van der Waals surface area contributed by atoms with Crippen LogP contribution in [0, 0.1) is 0 Å². The van der Waals surface area contributed by atoms with Gasteiger partial charge >= 0.3 is 0 Å². The first kappa shape index (κ1) is 13.1. The Morgan fingerprint density at radius 1 is 1.50 bits per heavy atom. The number of carbonyl (C=O) groups is 1. The second-order valence-corrected chi connectivity index (χ2v) is 4.82. The molecule has 0 saturated carbocycles. The van der Waals surface area contributed by atoms with Crippen molar-refractivity contribution in [1.29, 1.82) is 0 Å². The van der Waals surface area contributed by atoms with E-state index >= 15 is 0 Å². The average molecular weight is 248 g/mol. The number of ether oxygens (including phenoxy) is 1. The zero-order chi connectivity index (χ0) is 13.1. The van der Waals surface area contributed by atoms with Crippen LogP contribution in [0.4, 0.5) is 0 Å². The van der Waals surface area contributed by atoms with Crippen molar-refractivity contribution in [3.05, 3.63) is 34.9 Å². The first-order valence-corrected chi connectivity index (χ1v) is 6.26. The minimum absolute atomic E-state index is 0.0281. The molecule has 1 amide bonds. The highest BCUT2D eigenvalue weighted by atomic mass is 16.5. The monoisotopic (exact) mass is 248 g/mol. The van der Waals surface area contributed by atoms with E-state index in [0.29, 0.717) is 6.54 Å². The molecule has 0 aliphatic carbocycles. The Morgan fingerprint density at radius 3 is 2.94 bits per heavy atom. The van der Waals surface area contributed by atoms with E-state index in [9.17, 15) is 4.79 Å². The van der Waals surface area contributed by atoms with Crippen LogP contribution in [-0.2, 0) is 22.5 Å². The molecule has 0 aromatic heterocycles. The molecule has 4 nitrogen and oxygen atoms in total. The van der Waals surface area contributed by atoms with Gasteiger partial charge in [0, 0.05) is 26.2 Å². The molecule has 1 aliphatic heterocycles.